The van der Waals surface area contributed by atoms with E-state index in [9.17, 15) is 9.59 Å². The summed E-state index contributed by atoms with van der Waals surface area (Å²) in [6, 6.07) is 0.0152. The highest BCUT2D eigenvalue weighted by molar-refractivity contribution is 5.88. The van der Waals surface area contributed by atoms with E-state index in [1.807, 2.05) is 7.05 Å². The van der Waals surface area contributed by atoms with Crippen LogP contribution in [0.3, 0.4) is 0 Å². The second-order valence-electron chi connectivity index (χ2n) is 5.34. The maximum Gasteiger partial charge on any atom is 0.345 e. The number of nitrogens with zero attached hydrogens (tertiary/aromatic N) is 3. The summed E-state index contributed by atoms with van der Waals surface area (Å²) < 4.78 is 4.83. The third kappa shape index (κ3) is 3.68. The van der Waals surface area contributed by atoms with E-state index in [4.69, 9.17) is 4.74 Å². The second kappa shape index (κ2) is 6.82. The number of nitrogens with one attached hydrogen (secondary N) is 1. The molecule has 0 amide bonds. The molecule has 0 aliphatic carbocycles. The third-order valence-electron chi connectivity index (χ3n) is 3.70. The van der Waals surface area contributed by atoms with Gasteiger partial charge in [0, 0.05) is 12.7 Å². The van der Waals surface area contributed by atoms with Crippen LogP contribution in [0.25, 0.3) is 0 Å². The van der Waals surface area contributed by atoms with E-state index in [1.54, 1.807) is 6.92 Å². The molecule has 7 nitrogen and oxygen atoms in total. The van der Waals surface area contributed by atoms with Gasteiger partial charge in [-0.3, -0.25) is 9.69 Å². The molecule has 116 valence electrons. The Morgan fingerprint density at radius 2 is 2.24 bits per heavy atom. The van der Waals surface area contributed by atoms with Crippen molar-refractivity contribution >= 4 is 5.97 Å². The van der Waals surface area contributed by atoms with Crippen molar-refractivity contribution in [1.29, 1.82) is 0 Å². The number of H-pyrrole nitrogens is 1. The zero-order valence-electron chi connectivity index (χ0n) is 12.8. The molecule has 1 aliphatic rings. The summed E-state index contributed by atoms with van der Waals surface area (Å²) in [5, 5.41) is 0. The lowest BCUT2D eigenvalue weighted by molar-refractivity contribution is 0.0523. The minimum Gasteiger partial charge on any atom is -0.462 e. The van der Waals surface area contributed by atoms with Gasteiger partial charge in [0.15, 0.2) is 0 Å². The molecule has 0 radical (unpaired) electrons. The molecular formula is C14H22N4O3. The normalized spacial score (nSPS) is 21.0. The molecule has 1 fully saturated rings. The van der Waals surface area contributed by atoms with Crippen LogP contribution < -0.4 is 5.56 Å². The van der Waals surface area contributed by atoms with Crippen LogP contribution in [0, 0.1) is 0 Å². The molecule has 0 saturated carbocycles. The van der Waals surface area contributed by atoms with Gasteiger partial charge in [-0.25, -0.2) is 9.78 Å². The predicted molar refractivity (Wildman–Crippen MR) is 78.3 cm³/mol. The van der Waals surface area contributed by atoms with E-state index in [0.29, 0.717) is 5.82 Å². The highest BCUT2D eigenvalue weighted by Crippen LogP contribution is 2.19. The highest BCUT2D eigenvalue weighted by Gasteiger charge is 2.25. The predicted octanol–water partition coefficient (Wildman–Crippen LogP) is 0.255. The quantitative estimate of drug-likeness (QED) is 0.805. The first-order chi connectivity index (χ1) is 10.0. The Bertz CT molecular complexity index is 557. The number of carbonyl (C=O) groups is 1. The number of ether oxygens (including phenoxy) is 1. The third-order valence-corrected chi connectivity index (χ3v) is 3.70. The number of likely N-dealkylation sites (N-methyl/N-ethyl adjacent to an activating group) is 2. The molecule has 0 spiro atoms. The molecule has 1 atom stereocenters. The van der Waals surface area contributed by atoms with Crippen molar-refractivity contribution in [1.82, 2.24) is 19.8 Å². The number of esters is 1. The molecule has 7 heteroatoms. The Morgan fingerprint density at radius 3 is 2.90 bits per heavy atom. The Balaban J connectivity index is 2.26. The molecule has 21 heavy (non-hydrogen) atoms. The van der Waals surface area contributed by atoms with Gasteiger partial charge >= 0.3 is 5.97 Å². The molecule has 1 aliphatic heterocycles. The minimum atomic E-state index is -0.635. The molecular weight excluding hydrogens is 272 g/mol. The van der Waals surface area contributed by atoms with E-state index < -0.39 is 11.5 Å². The molecule has 1 aromatic rings. The Kier molecular flexibility index (Phi) is 5.08. The summed E-state index contributed by atoms with van der Waals surface area (Å²) >= 11 is 0. The molecule has 0 aromatic carbocycles. The number of aromatic nitrogens is 2. The fraction of sp³-hybridized carbons (Fsp3) is 0.643. The van der Waals surface area contributed by atoms with Gasteiger partial charge in [-0.15, -0.1) is 0 Å². The SMILES string of the molecule is CCOC(=O)c1cnc(C2CN(C)CCCN2C)[nH]c1=O. The van der Waals surface area contributed by atoms with Crippen molar-refractivity contribution in [3.63, 3.8) is 0 Å². The zero-order valence-corrected chi connectivity index (χ0v) is 12.8. The average molecular weight is 294 g/mol. The molecule has 2 rings (SSSR count). The monoisotopic (exact) mass is 294 g/mol. The summed E-state index contributed by atoms with van der Waals surface area (Å²) in [5.74, 6) is -0.0477. The minimum absolute atomic E-state index is 0.0152. The second-order valence-corrected chi connectivity index (χ2v) is 5.34. The van der Waals surface area contributed by atoms with Gasteiger partial charge < -0.3 is 14.6 Å². The summed E-state index contributed by atoms with van der Waals surface area (Å²) in [6.07, 6.45) is 2.39. The van der Waals surface area contributed by atoms with Crippen LogP contribution in [0.2, 0.25) is 0 Å². The first-order valence-electron chi connectivity index (χ1n) is 7.18. The van der Waals surface area contributed by atoms with Crippen LogP contribution in [0.15, 0.2) is 11.0 Å². The van der Waals surface area contributed by atoms with Crippen molar-refractivity contribution in [3.8, 4) is 0 Å². The zero-order chi connectivity index (χ0) is 15.4. The molecule has 1 aromatic heterocycles. The number of rotatable bonds is 3. The molecule has 1 saturated heterocycles. The highest BCUT2D eigenvalue weighted by atomic mass is 16.5. The lowest BCUT2D eigenvalue weighted by Crippen LogP contribution is -2.34. The molecule has 1 unspecified atom stereocenters. The van der Waals surface area contributed by atoms with Crippen molar-refractivity contribution in [2.45, 2.75) is 19.4 Å². The van der Waals surface area contributed by atoms with Gasteiger partial charge in [-0.05, 0) is 40.5 Å². The van der Waals surface area contributed by atoms with Gasteiger partial charge in [-0.2, -0.15) is 0 Å². The fourth-order valence-electron chi connectivity index (χ4n) is 2.50. The van der Waals surface area contributed by atoms with Crippen LogP contribution in [0.5, 0.6) is 0 Å². The summed E-state index contributed by atoms with van der Waals surface area (Å²) in [7, 11) is 4.07. The number of hydrogen-bond acceptors (Lipinski definition) is 6. The largest absolute Gasteiger partial charge is 0.462 e. The Morgan fingerprint density at radius 1 is 1.48 bits per heavy atom. The number of aromatic amines is 1. The molecule has 0 bridgehead atoms. The smallest absolute Gasteiger partial charge is 0.345 e. The van der Waals surface area contributed by atoms with Crippen LogP contribution >= 0.6 is 0 Å². The van der Waals surface area contributed by atoms with E-state index in [1.165, 1.54) is 6.20 Å². The average Bonchev–Trinajstić information content (AvgIpc) is 2.60. The summed E-state index contributed by atoms with van der Waals surface area (Å²) in [4.78, 5) is 35.1. The summed E-state index contributed by atoms with van der Waals surface area (Å²) in [5.41, 5.74) is -0.496. The van der Waals surface area contributed by atoms with E-state index in [2.05, 4.69) is 26.8 Å². The molecule has 2 heterocycles. The fourth-order valence-corrected chi connectivity index (χ4v) is 2.50. The van der Waals surface area contributed by atoms with Crippen molar-refractivity contribution < 1.29 is 9.53 Å². The standard InChI is InChI=1S/C14H22N4O3/c1-4-21-14(20)10-8-15-12(16-13(10)19)11-9-17(2)6-5-7-18(11)3/h8,11H,4-7,9H2,1-3H3,(H,15,16,19). The lowest BCUT2D eigenvalue weighted by atomic mass is 10.2. The van der Waals surface area contributed by atoms with Gasteiger partial charge in [0.2, 0.25) is 0 Å². The number of hydrogen-bond donors (Lipinski definition) is 1. The number of carbonyl (C=O) groups excluding carboxylic acids is 1. The van der Waals surface area contributed by atoms with Gasteiger partial charge in [0.25, 0.3) is 5.56 Å². The topological polar surface area (TPSA) is 78.5 Å². The van der Waals surface area contributed by atoms with Gasteiger partial charge in [0.05, 0.1) is 12.6 Å². The summed E-state index contributed by atoms with van der Waals surface area (Å²) in [6.45, 7) is 4.68. The van der Waals surface area contributed by atoms with Crippen molar-refractivity contribution in [2.75, 3.05) is 40.3 Å². The first-order valence-corrected chi connectivity index (χ1v) is 7.18. The van der Waals surface area contributed by atoms with Crippen LogP contribution in [0.1, 0.15) is 35.6 Å². The van der Waals surface area contributed by atoms with Crippen molar-refractivity contribution in [3.05, 3.63) is 27.9 Å². The lowest BCUT2D eigenvalue weighted by Gasteiger charge is -2.26. The van der Waals surface area contributed by atoms with Crippen LogP contribution in [-0.2, 0) is 4.74 Å². The van der Waals surface area contributed by atoms with Crippen LogP contribution in [0.4, 0.5) is 0 Å². The van der Waals surface area contributed by atoms with Gasteiger partial charge in [-0.1, -0.05) is 0 Å². The maximum atomic E-state index is 12.0. The van der Waals surface area contributed by atoms with E-state index in [-0.39, 0.29) is 18.2 Å². The van der Waals surface area contributed by atoms with E-state index >= 15 is 0 Å². The van der Waals surface area contributed by atoms with Crippen LogP contribution in [-0.4, -0.2) is 66.1 Å². The maximum absolute atomic E-state index is 12.0. The molecule has 1 N–H and O–H groups in total. The van der Waals surface area contributed by atoms with Crippen molar-refractivity contribution in [2.24, 2.45) is 0 Å². The Labute approximate surface area is 123 Å². The Hall–Kier alpha value is -1.73. The van der Waals surface area contributed by atoms with Gasteiger partial charge in [0.1, 0.15) is 11.4 Å². The first kappa shape index (κ1) is 15.7. The van der Waals surface area contributed by atoms with E-state index in [0.717, 1.165) is 26.1 Å².